The number of fused-ring (bicyclic) bond motifs is 23. The van der Waals surface area contributed by atoms with E-state index in [0.717, 1.165) is 117 Å². The summed E-state index contributed by atoms with van der Waals surface area (Å²) in [6.45, 7) is 0. The van der Waals surface area contributed by atoms with Crippen molar-refractivity contribution in [2.75, 3.05) is 0 Å². The summed E-state index contributed by atoms with van der Waals surface area (Å²) in [6, 6.07) is 155. The lowest BCUT2D eigenvalue weighted by molar-refractivity contribution is 0.670. The fourth-order valence-corrected chi connectivity index (χ4v) is 23.3. The van der Waals surface area contributed by atoms with Crippen LogP contribution in [0.2, 0.25) is 0 Å². The highest BCUT2D eigenvalue weighted by molar-refractivity contribution is 6.37. The van der Waals surface area contributed by atoms with Crippen LogP contribution in [0.25, 0.3) is 286 Å². The molecule has 32 rings (SSSR count). The lowest BCUT2D eigenvalue weighted by Gasteiger charge is -2.13. The molecule has 0 spiro atoms. The second kappa shape index (κ2) is 28.1. The van der Waals surface area contributed by atoms with Crippen LogP contribution in [0.3, 0.4) is 0 Å². The third-order valence-electron chi connectivity index (χ3n) is 28.8. The van der Waals surface area contributed by atoms with Gasteiger partial charge in [-0.25, -0.2) is 15.0 Å². The highest BCUT2D eigenvalue weighted by Gasteiger charge is 2.30. The molecule has 0 amide bonds. The molecule has 135 heavy (non-hydrogen) atoms. The van der Waals surface area contributed by atoms with Gasteiger partial charge in [0.25, 0.3) is 0 Å². The van der Waals surface area contributed by atoms with Crippen LogP contribution < -0.4 is 0 Å². The summed E-state index contributed by atoms with van der Waals surface area (Å²) in [5.41, 5.74) is 31.3. The van der Waals surface area contributed by atoms with Crippen LogP contribution >= 0.6 is 0 Å². The van der Waals surface area contributed by atoms with E-state index in [-0.39, 0.29) is 0 Å². The van der Waals surface area contributed by atoms with E-state index in [1.165, 1.54) is 169 Å². The Balaban J connectivity index is 0.0000000966. The lowest BCUT2D eigenvalue weighted by Crippen LogP contribution is -2.00. The smallest absolute Gasteiger partial charge is 0.160 e. The zero-order valence-electron chi connectivity index (χ0n) is 72.4. The topological polar surface area (TPSA) is 92.7 Å². The Bertz CT molecular complexity index is 10600. The standard InChI is InChI=1S/C44H26N4.C42H24N2O.C38H22N4/c1-3-12-27(13-4-1)42-34-26-29(22-24-35(34)45-44(46-42)28-14-5-2-6-15-28)47-38-21-11-18-32-30-16-7-9-19-36(30)48-37-20-10-8-17-31(37)33-23-25-39(47)41(40(32)38)43(33)48;1-2-11-25(12-3-1)32-23-26(24-33-29-15-6-9-20-38(29)45-42(32)33)43-36-19-10-16-30-27-13-4-7-17-34(27)44-35-18-8-5-14-28(35)31-21-22-37(43)40(39(30)36)41(31)44;1-2-10-23(11-3-1)37-28-15-9-21-39-29(28)22-34(40-37)41-32-18-8-14-26-24-12-4-6-16-30(24)42-31-17-7-5-13-25(31)27-19-20-33(41)36(35(26)32)38(27)42/h1-26H;1-24H;1-22H. The Morgan fingerprint density at radius 2 is 0.563 bits per heavy atom. The number of para-hydroxylation sites is 7. The molecule has 0 radical (unpaired) electrons. The molecule has 0 bridgehead atoms. The highest BCUT2D eigenvalue weighted by Crippen LogP contribution is 2.52. The van der Waals surface area contributed by atoms with E-state index in [1.54, 1.807) is 0 Å². The lowest BCUT2D eigenvalue weighted by atomic mass is 10.0. The zero-order chi connectivity index (χ0) is 87.9. The Morgan fingerprint density at radius 1 is 0.200 bits per heavy atom. The Labute approximate surface area is 768 Å². The number of pyridine rings is 2. The molecule has 0 fully saturated rings. The first kappa shape index (κ1) is 73.6. The molecule has 11 heteroatoms. The van der Waals surface area contributed by atoms with Crippen molar-refractivity contribution in [2.45, 2.75) is 0 Å². The van der Waals surface area contributed by atoms with Crippen LogP contribution in [0.4, 0.5) is 0 Å². The number of nitrogens with zero attached hydrogens (tertiary/aromatic N) is 10. The van der Waals surface area contributed by atoms with E-state index in [0.29, 0.717) is 0 Å². The summed E-state index contributed by atoms with van der Waals surface area (Å²) in [5.74, 6) is 1.60. The number of benzene rings is 19. The van der Waals surface area contributed by atoms with Gasteiger partial charge in [-0.15, -0.1) is 0 Å². The molecular formula is C124H72N10O. The van der Waals surface area contributed by atoms with Gasteiger partial charge in [0.15, 0.2) is 5.82 Å². The summed E-state index contributed by atoms with van der Waals surface area (Å²) in [7, 11) is 0. The minimum atomic E-state index is 0.729. The monoisotopic (exact) mass is 1720 g/mol. The van der Waals surface area contributed by atoms with Gasteiger partial charge in [0.05, 0.1) is 105 Å². The predicted octanol–water partition coefficient (Wildman–Crippen LogP) is 32.3. The first-order valence-corrected chi connectivity index (χ1v) is 46.1. The highest BCUT2D eigenvalue weighted by atomic mass is 16.3. The third-order valence-corrected chi connectivity index (χ3v) is 28.8. The molecule has 624 valence electrons. The van der Waals surface area contributed by atoms with Gasteiger partial charge >= 0.3 is 0 Å². The van der Waals surface area contributed by atoms with Crippen molar-refractivity contribution in [1.82, 2.24) is 46.8 Å². The summed E-state index contributed by atoms with van der Waals surface area (Å²) < 4.78 is 21.2. The first-order valence-electron chi connectivity index (χ1n) is 46.1. The Morgan fingerprint density at radius 3 is 1.04 bits per heavy atom. The van der Waals surface area contributed by atoms with E-state index in [1.807, 2.05) is 48.7 Å². The number of furan rings is 1. The minimum absolute atomic E-state index is 0.729. The normalized spacial score (nSPS) is 12.3. The van der Waals surface area contributed by atoms with Crippen LogP contribution in [0.5, 0.6) is 0 Å². The van der Waals surface area contributed by atoms with E-state index in [2.05, 4.69) is 415 Å². The van der Waals surface area contributed by atoms with Gasteiger partial charge in [0, 0.05) is 148 Å². The molecule has 19 aromatic carbocycles. The third kappa shape index (κ3) is 10.4. The van der Waals surface area contributed by atoms with Crippen molar-refractivity contribution in [3.05, 3.63) is 437 Å². The molecule has 0 N–H and O–H groups in total. The maximum Gasteiger partial charge on any atom is 0.160 e. The summed E-state index contributed by atoms with van der Waals surface area (Å²) in [6.07, 6.45) is 1.86. The Hall–Kier alpha value is -18.3. The average molecular weight is 1720 g/mol. The number of hydrogen-bond donors (Lipinski definition) is 0. The van der Waals surface area contributed by atoms with E-state index < -0.39 is 0 Å². The SMILES string of the molecule is c1ccc(-c2cc(-n3c4cccc5c6ccccc6n6c7ccccc7c7ccc3c(c54)c76)cc3c2oc2ccccc23)cc1.c1ccc(-c2nc(-c3ccccc3)c3cc(-n4c5cccc6c7ccccc7n7c8ccccc8c8ccc4c(c65)c87)ccc3n2)cc1.c1ccc(-c2nc(-n3c4cccc5c6ccccc6n6c7ccccc7c7ccc3c(c54)c76)cc3ncccc23)cc1. The van der Waals surface area contributed by atoms with Crippen molar-refractivity contribution >= 4 is 223 Å². The summed E-state index contributed by atoms with van der Waals surface area (Å²) in [4.78, 5) is 20.4. The number of hydrogen-bond acceptors (Lipinski definition) is 5. The fraction of sp³-hybridized carbons (Fsp3) is 0. The van der Waals surface area contributed by atoms with Crippen molar-refractivity contribution in [1.29, 1.82) is 0 Å². The molecular weight excluding hydrogens is 1650 g/mol. The average Bonchev–Trinajstić information content (AvgIpc) is 1.53. The van der Waals surface area contributed by atoms with Gasteiger partial charge in [0.2, 0.25) is 0 Å². The second-order valence-electron chi connectivity index (χ2n) is 35.7. The first-order chi connectivity index (χ1) is 67.0. The van der Waals surface area contributed by atoms with Gasteiger partial charge in [-0.2, -0.15) is 0 Å². The van der Waals surface area contributed by atoms with E-state index in [9.17, 15) is 0 Å². The van der Waals surface area contributed by atoms with Crippen molar-refractivity contribution in [2.24, 2.45) is 0 Å². The molecule has 0 atom stereocenters. The molecule has 0 aliphatic rings. The van der Waals surface area contributed by atoms with Crippen LogP contribution in [-0.4, -0.2) is 46.8 Å². The number of aromatic nitrogens is 10. The van der Waals surface area contributed by atoms with E-state index >= 15 is 0 Å². The molecule has 0 aliphatic carbocycles. The van der Waals surface area contributed by atoms with Gasteiger partial charge < -0.3 is 26.8 Å². The van der Waals surface area contributed by atoms with Gasteiger partial charge in [0.1, 0.15) is 17.0 Å². The molecule has 0 saturated carbocycles. The largest absolute Gasteiger partial charge is 0.455 e. The minimum Gasteiger partial charge on any atom is -0.455 e. The van der Waals surface area contributed by atoms with Crippen molar-refractivity contribution < 1.29 is 4.42 Å². The van der Waals surface area contributed by atoms with Gasteiger partial charge in [-0.05, 0) is 143 Å². The van der Waals surface area contributed by atoms with Crippen LogP contribution in [0.1, 0.15) is 0 Å². The van der Waals surface area contributed by atoms with Gasteiger partial charge in [-0.1, -0.05) is 303 Å². The molecule has 13 heterocycles. The van der Waals surface area contributed by atoms with Crippen molar-refractivity contribution in [3.8, 4) is 62.2 Å². The summed E-state index contributed by atoms with van der Waals surface area (Å²) >= 11 is 0. The molecule has 13 aromatic heterocycles. The number of rotatable bonds is 7. The predicted molar refractivity (Wildman–Crippen MR) is 562 cm³/mol. The van der Waals surface area contributed by atoms with Crippen LogP contribution in [-0.2, 0) is 0 Å². The van der Waals surface area contributed by atoms with Gasteiger partial charge in [-0.3, -0.25) is 9.55 Å². The van der Waals surface area contributed by atoms with Crippen LogP contribution in [0, 0.1) is 0 Å². The molecule has 11 nitrogen and oxygen atoms in total. The fourth-order valence-electron chi connectivity index (χ4n) is 23.3. The molecule has 32 aromatic rings. The Kier molecular flexibility index (Phi) is 15.3. The second-order valence-corrected chi connectivity index (χ2v) is 35.7. The van der Waals surface area contributed by atoms with Crippen LogP contribution in [0.15, 0.2) is 441 Å². The molecule has 0 saturated heterocycles. The maximum absolute atomic E-state index is 6.55. The van der Waals surface area contributed by atoms with E-state index in [4.69, 9.17) is 24.4 Å². The molecule has 0 aliphatic heterocycles. The maximum atomic E-state index is 6.55. The summed E-state index contributed by atoms with van der Waals surface area (Å²) in [5, 5.41) is 27.1. The quantitative estimate of drug-likeness (QED) is 0.158. The molecule has 0 unspecified atom stereocenters. The van der Waals surface area contributed by atoms with Crippen molar-refractivity contribution in [3.63, 3.8) is 0 Å². The zero-order valence-corrected chi connectivity index (χ0v) is 72.4.